The fraction of sp³-hybridized carbons (Fsp3) is 0.904. The fourth-order valence-corrected chi connectivity index (χ4v) is 14.0. The van der Waals surface area contributed by atoms with Crippen LogP contribution in [0.3, 0.4) is 0 Å². The van der Waals surface area contributed by atoms with E-state index in [2.05, 4.69) is 52.0 Å². The quantitative estimate of drug-likeness (QED) is 0.0169. The van der Waals surface area contributed by atoms with E-state index in [1.807, 2.05) is 0 Å². The van der Waals surface area contributed by atoms with Crippen molar-refractivity contribution in [2.45, 2.75) is 444 Å². The van der Waals surface area contributed by atoms with Crippen molar-refractivity contribution in [1.29, 1.82) is 0 Å². The van der Waals surface area contributed by atoms with Gasteiger partial charge in [0.2, 0.25) is 0 Å². The molecule has 0 saturated heterocycles. The number of carbonyl (C=O) groups is 4. The van der Waals surface area contributed by atoms with Crippen molar-refractivity contribution in [3.63, 3.8) is 0 Å². The summed E-state index contributed by atoms with van der Waals surface area (Å²) >= 11 is 0. The Bertz CT molecular complexity index is 2020. The summed E-state index contributed by atoms with van der Waals surface area (Å²) in [4.78, 5) is 73.1. The van der Waals surface area contributed by atoms with Crippen molar-refractivity contribution in [2.75, 3.05) is 39.6 Å². The maximum Gasteiger partial charge on any atom is 0.472 e. The molecule has 0 spiro atoms. The molecule has 0 saturated carbocycles. The van der Waals surface area contributed by atoms with Gasteiger partial charge in [0.1, 0.15) is 19.3 Å². The van der Waals surface area contributed by atoms with Crippen molar-refractivity contribution in [3.8, 4) is 0 Å². The Balaban J connectivity index is 5.31. The van der Waals surface area contributed by atoms with Crippen molar-refractivity contribution in [1.82, 2.24) is 0 Å². The number of allylic oxidation sites excluding steroid dienone is 4. The minimum Gasteiger partial charge on any atom is -0.462 e. The Labute approximate surface area is 624 Å². The number of esters is 4. The van der Waals surface area contributed by atoms with Crippen molar-refractivity contribution >= 4 is 39.5 Å². The molecule has 0 bridgehead atoms. The minimum atomic E-state index is -4.97. The summed E-state index contributed by atoms with van der Waals surface area (Å²) in [6.07, 6.45) is 72.8. The van der Waals surface area contributed by atoms with Gasteiger partial charge < -0.3 is 33.8 Å². The molecule has 0 fully saturated rings. The number of phosphoric acid groups is 2. The van der Waals surface area contributed by atoms with Gasteiger partial charge in [0.25, 0.3) is 0 Å². The van der Waals surface area contributed by atoms with Crippen LogP contribution in [0.2, 0.25) is 0 Å². The third-order valence-corrected chi connectivity index (χ3v) is 20.8. The number of aliphatic hydroxyl groups excluding tert-OH is 1. The molecule has 102 heavy (non-hydrogen) atoms. The van der Waals surface area contributed by atoms with Crippen LogP contribution in [0.15, 0.2) is 24.3 Å². The van der Waals surface area contributed by atoms with E-state index in [1.54, 1.807) is 0 Å². The molecule has 0 radical (unpaired) electrons. The van der Waals surface area contributed by atoms with Crippen molar-refractivity contribution < 1.29 is 80.2 Å². The number of ether oxygens (including phenoxy) is 4. The van der Waals surface area contributed by atoms with E-state index in [1.165, 1.54) is 225 Å². The molecule has 0 amide bonds. The Morgan fingerprint density at radius 3 is 0.676 bits per heavy atom. The highest BCUT2D eigenvalue weighted by atomic mass is 31.2. The molecule has 3 N–H and O–H groups in total. The third-order valence-electron chi connectivity index (χ3n) is 18.9. The van der Waals surface area contributed by atoms with Gasteiger partial charge in [-0.05, 0) is 77.0 Å². The highest BCUT2D eigenvalue weighted by Gasteiger charge is 2.30. The highest BCUT2D eigenvalue weighted by molar-refractivity contribution is 7.47. The second-order valence-corrected chi connectivity index (χ2v) is 32.0. The summed E-state index contributed by atoms with van der Waals surface area (Å²) in [5.74, 6) is -2.13. The first-order valence-electron chi connectivity index (χ1n) is 42.6. The SMILES string of the molecule is CCCCCCCC/C=C\CCCCCCCC(=O)OC[C@H](COP(=O)(O)OC[C@H](O)COP(=O)(O)OC[C@@H](COC(=O)CCCCCCCCCCCCCCCCC)OC(=O)CCCCCCCCCCCCCCCCCCC)OC(=O)CCCCCCC/C=C\CCCCCCCC. The lowest BCUT2D eigenvalue weighted by atomic mass is 10.0. The van der Waals surface area contributed by atoms with Gasteiger partial charge in [-0.1, -0.05) is 347 Å². The molecule has 0 aliphatic rings. The molecule has 602 valence electrons. The van der Waals surface area contributed by atoms with Gasteiger partial charge in [0, 0.05) is 25.7 Å². The van der Waals surface area contributed by atoms with Gasteiger partial charge in [-0.2, -0.15) is 0 Å². The summed E-state index contributed by atoms with van der Waals surface area (Å²) in [7, 11) is -9.94. The van der Waals surface area contributed by atoms with Crippen LogP contribution in [-0.4, -0.2) is 96.7 Å². The first-order valence-corrected chi connectivity index (χ1v) is 45.6. The maximum atomic E-state index is 13.1. The lowest BCUT2D eigenvalue weighted by molar-refractivity contribution is -0.161. The zero-order valence-corrected chi connectivity index (χ0v) is 67.9. The lowest BCUT2D eigenvalue weighted by Crippen LogP contribution is -2.30. The molecule has 0 aliphatic carbocycles. The van der Waals surface area contributed by atoms with E-state index in [0.29, 0.717) is 25.7 Å². The van der Waals surface area contributed by atoms with Crippen LogP contribution in [-0.2, 0) is 65.4 Å². The van der Waals surface area contributed by atoms with Gasteiger partial charge in [0.15, 0.2) is 12.2 Å². The summed E-state index contributed by atoms with van der Waals surface area (Å²) in [6.45, 7) is 4.99. The van der Waals surface area contributed by atoms with E-state index in [-0.39, 0.29) is 25.7 Å². The maximum absolute atomic E-state index is 13.1. The number of aliphatic hydroxyl groups is 1. The monoisotopic (exact) mass is 1490 g/mol. The molecular weight excluding hydrogens is 1330 g/mol. The molecule has 0 aromatic carbocycles. The molecule has 0 heterocycles. The average Bonchev–Trinajstić information content (AvgIpc) is 0.922. The van der Waals surface area contributed by atoms with Crippen LogP contribution >= 0.6 is 15.6 Å². The largest absolute Gasteiger partial charge is 0.472 e. The number of rotatable bonds is 82. The zero-order valence-electron chi connectivity index (χ0n) is 66.1. The van der Waals surface area contributed by atoms with Crippen molar-refractivity contribution in [2.24, 2.45) is 0 Å². The highest BCUT2D eigenvalue weighted by Crippen LogP contribution is 2.45. The first kappa shape index (κ1) is 99.5. The standard InChI is InChI=1S/C83H158O17P2/c1-5-9-13-17-21-25-29-33-37-38-42-46-50-54-58-62-66-70-83(88)100-79(74-94-81(86)68-64-60-56-52-48-44-40-35-31-27-23-19-15-11-7-3)76-98-102(91,92)96-72-77(84)71-95-101(89,90)97-75-78(99-82(87)69-65-61-57-53-49-45-41-36-32-28-24-20-16-12-8-4)73-93-80(85)67-63-59-55-51-47-43-39-34-30-26-22-18-14-10-6-2/h34,36,39,41,77-79,84H,5-33,35,37-38,40,42-76H2,1-4H3,(H,89,90)(H,91,92)/b39-34-,41-36-/t77-,78+,79+/m0/s1. The summed E-state index contributed by atoms with van der Waals surface area (Å²) in [5.41, 5.74) is 0. The predicted molar refractivity (Wildman–Crippen MR) is 418 cm³/mol. The van der Waals surface area contributed by atoms with E-state index < -0.39 is 97.5 Å². The number of hydrogen-bond donors (Lipinski definition) is 3. The van der Waals surface area contributed by atoms with E-state index in [0.717, 1.165) is 122 Å². The molecule has 17 nitrogen and oxygen atoms in total. The second kappa shape index (κ2) is 76.7. The Morgan fingerprint density at radius 1 is 0.265 bits per heavy atom. The molecule has 0 aliphatic heterocycles. The number of phosphoric ester groups is 2. The average molecular weight is 1490 g/mol. The summed E-state index contributed by atoms with van der Waals surface area (Å²) in [5, 5.41) is 10.7. The van der Waals surface area contributed by atoms with E-state index in [9.17, 15) is 43.2 Å². The van der Waals surface area contributed by atoms with Gasteiger partial charge in [0.05, 0.1) is 26.4 Å². The second-order valence-electron chi connectivity index (χ2n) is 29.1. The summed E-state index contributed by atoms with van der Waals surface area (Å²) < 4.78 is 68.8. The predicted octanol–water partition coefficient (Wildman–Crippen LogP) is 24.9. The number of unbranched alkanes of at least 4 members (excludes halogenated alkanes) is 52. The van der Waals surface area contributed by atoms with Gasteiger partial charge in [-0.15, -0.1) is 0 Å². The number of carbonyl (C=O) groups excluding carboxylic acids is 4. The van der Waals surface area contributed by atoms with E-state index >= 15 is 0 Å². The lowest BCUT2D eigenvalue weighted by Gasteiger charge is -2.21. The fourth-order valence-electron chi connectivity index (χ4n) is 12.4. The van der Waals surface area contributed by atoms with Crippen LogP contribution in [0.4, 0.5) is 0 Å². The summed E-state index contributed by atoms with van der Waals surface area (Å²) in [6, 6.07) is 0. The third kappa shape index (κ3) is 75.8. The van der Waals surface area contributed by atoms with Crippen LogP contribution < -0.4 is 0 Å². The van der Waals surface area contributed by atoms with E-state index in [4.69, 9.17) is 37.0 Å². The van der Waals surface area contributed by atoms with Crippen LogP contribution in [0.5, 0.6) is 0 Å². The first-order chi connectivity index (χ1) is 49.7. The van der Waals surface area contributed by atoms with Crippen LogP contribution in [0.1, 0.15) is 426 Å². The Kier molecular flexibility index (Phi) is 74.9. The molecule has 0 aromatic heterocycles. The Hall–Kier alpha value is -2.46. The zero-order chi connectivity index (χ0) is 74.6. The van der Waals surface area contributed by atoms with Crippen LogP contribution in [0, 0.1) is 0 Å². The molecule has 5 atom stereocenters. The minimum absolute atomic E-state index is 0.0912. The topological polar surface area (TPSA) is 237 Å². The van der Waals surface area contributed by atoms with Crippen molar-refractivity contribution in [3.05, 3.63) is 24.3 Å². The molecule has 0 aromatic rings. The molecule has 0 rings (SSSR count). The normalized spacial score (nSPS) is 13.9. The van der Waals surface area contributed by atoms with Gasteiger partial charge in [-0.3, -0.25) is 37.3 Å². The van der Waals surface area contributed by atoms with Gasteiger partial charge in [-0.25, -0.2) is 9.13 Å². The molecule has 19 heteroatoms. The molecule has 2 unspecified atom stereocenters. The van der Waals surface area contributed by atoms with Crippen LogP contribution in [0.25, 0.3) is 0 Å². The smallest absolute Gasteiger partial charge is 0.462 e. The molecular formula is C83H158O17P2. The number of hydrogen-bond acceptors (Lipinski definition) is 15. The Morgan fingerprint density at radius 2 is 0.451 bits per heavy atom. The van der Waals surface area contributed by atoms with Gasteiger partial charge >= 0.3 is 39.5 Å².